The molecule has 0 bridgehead atoms. The molecule has 0 unspecified atom stereocenters. The number of aryl methyl sites for hydroxylation is 1. The number of rotatable bonds is 8. The summed E-state index contributed by atoms with van der Waals surface area (Å²) in [5, 5.41) is 3.26. The number of hydrogen-bond acceptors (Lipinski definition) is 4. The molecule has 1 N–H and O–H groups in total. The van der Waals surface area contributed by atoms with E-state index in [2.05, 4.69) is 39.6 Å². The molecule has 0 fully saturated rings. The number of amides is 1. The molecule has 0 spiro atoms. The molecule has 0 aliphatic heterocycles. The van der Waals surface area contributed by atoms with Crippen molar-refractivity contribution in [3.63, 3.8) is 0 Å². The molecule has 0 aliphatic rings. The van der Waals surface area contributed by atoms with Gasteiger partial charge in [-0.05, 0) is 32.3 Å². The molecule has 5 nitrogen and oxygen atoms in total. The van der Waals surface area contributed by atoms with Crippen molar-refractivity contribution in [2.24, 2.45) is 0 Å². The highest BCUT2D eigenvalue weighted by atomic mass is 16.2. The summed E-state index contributed by atoms with van der Waals surface area (Å²) in [6, 6.07) is 12.1. The molecular weight excluding hydrogens is 288 g/mol. The van der Waals surface area contributed by atoms with Crippen molar-refractivity contribution in [3.8, 4) is 0 Å². The predicted molar refractivity (Wildman–Crippen MR) is 92.5 cm³/mol. The number of nitrogens with zero attached hydrogens (tertiary/aromatic N) is 3. The molecule has 0 saturated carbocycles. The number of benzene rings is 1. The lowest BCUT2D eigenvalue weighted by molar-refractivity contribution is 0.0767. The van der Waals surface area contributed by atoms with Gasteiger partial charge >= 0.3 is 0 Å². The first-order chi connectivity index (χ1) is 11.2. The van der Waals surface area contributed by atoms with Crippen molar-refractivity contribution in [2.45, 2.75) is 26.7 Å². The molecule has 1 amide bonds. The zero-order chi connectivity index (χ0) is 16.5. The van der Waals surface area contributed by atoms with Crippen LogP contribution in [-0.4, -0.2) is 40.4 Å². The first-order valence-electron chi connectivity index (χ1n) is 8.13. The molecule has 0 saturated heterocycles. The van der Waals surface area contributed by atoms with Crippen LogP contribution in [0.5, 0.6) is 0 Å². The van der Waals surface area contributed by atoms with Crippen molar-refractivity contribution >= 4 is 11.7 Å². The molecule has 122 valence electrons. The van der Waals surface area contributed by atoms with Crippen molar-refractivity contribution in [3.05, 3.63) is 54.0 Å². The van der Waals surface area contributed by atoms with Gasteiger partial charge in [-0.25, -0.2) is 9.97 Å². The van der Waals surface area contributed by atoms with E-state index in [9.17, 15) is 4.79 Å². The van der Waals surface area contributed by atoms with Crippen LogP contribution < -0.4 is 5.32 Å². The summed E-state index contributed by atoms with van der Waals surface area (Å²) in [4.78, 5) is 22.3. The van der Waals surface area contributed by atoms with Gasteiger partial charge in [0.2, 0.25) is 0 Å². The van der Waals surface area contributed by atoms with Crippen LogP contribution in [0.2, 0.25) is 0 Å². The minimum absolute atomic E-state index is 0.0512. The van der Waals surface area contributed by atoms with E-state index < -0.39 is 0 Å². The van der Waals surface area contributed by atoms with E-state index in [1.807, 2.05) is 19.9 Å². The Bertz CT molecular complexity index is 611. The van der Waals surface area contributed by atoms with Gasteiger partial charge in [-0.2, -0.15) is 0 Å². The molecule has 2 rings (SSSR count). The molecule has 0 atom stereocenters. The van der Waals surface area contributed by atoms with Gasteiger partial charge in [0, 0.05) is 25.7 Å². The predicted octanol–water partition coefficient (Wildman–Crippen LogP) is 3.00. The minimum Gasteiger partial charge on any atom is -0.370 e. The number of carbonyl (C=O) groups excluding carboxylic acids is 1. The second-order valence-corrected chi connectivity index (χ2v) is 5.28. The Morgan fingerprint density at radius 3 is 2.57 bits per heavy atom. The Morgan fingerprint density at radius 1 is 1.13 bits per heavy atom. The van der Waals surface area contributed by atoms with E-state index >= 15 is 0 Å². The number of carbonyl (C=O) groups is 1. The Morgan fingerprint density at radius 2 is 1.87 bits per heavy atom. The van der Waals surface area contributed by atoms with Gasteiger partial charge in [0.1, 0.15) is 17.8 Å². The van der Waals surface area contributed by atoms with E-state index in [0.29, 0.717) is 24.6 Å². The summed E-state index contributed by atoms with van der Waals surface area (Å²) in [5.41, 5.74) is 1.77. The third-order valence-electron chi connectivity index (χ3n) is 3.73. The first-order valence-corrected chi connectivity index (χ1v) is 8.13. The Kier molecular flexibility index (Phi) is 6.54. The Hall–Kier alpha value is -2.43. The number of hydrogen-bond donors (Lipinski definition) is 1. The quantitative estimate of drug-likeness (QED) is 0.761. The van der Waals surface area contributed by atoms with Crippen LogP contribution in [0, 0.1) is 0 Å². The molecule has 1 aromatic heterocycles. The molecule has 1 aromatic carbocycles. The van der Waals surface area contributed by atoms with Gasteiger partial charge in [-0.3, -0.25) is 4.79 Å². The standard InChI is InChI=1S/C18H24N4O/c1-3-22(4-2)18(23)16-13-17(21-14-20-16)19-12-8-11-15-9-6-5-7-10-15/h5-7,9-10,13-14H,3-4,8,11-12H2,1-2H3,(H,19,20,21). The molecule has 5 heteroatoms. The highest BCUT2D eigenvalue weighted by Crippen LogP contribution is 2.08. The maximum absolute atomic E-state index is 12.3. The summed E-state index contributed by atoms with van der Waals surface area (Å²) in [7, 11) is 0. The average molecular weight is 312 g/mol. The van der Waals surface area contributed by atoms with Crippen LogP contribution in [0.15, 0.2) is 42.7 Å². The molecule has 1 heterocycles. The fourth-order valence-electron chi connectivity index (χ4n) is 2.40. The van der Waals surface area contributed by atoms with Gasteiger partial charge in [0.25, 0.3) is 5.91 Å². The summed E-state index contributed by atoms with van der Waals surface area (Å²) in [6.45, 7) is 6.10. The lowest BCUT2D eigenvalue weighted by Gasteiger charge is -2.18. The summed E-state index contributed by atoms with van der Waals surface area (Å²) >= 11 is 0. The molecular formula is C18H24N4O. The van der Waals surface area contributed by atoms with Crippen LogP contribution >= 0.6 is 0 Å². The summed E-state index contributed by atoms with van der Waals surface area (Å²) in [5.74, 6) is 0.647. The Balaban J connectivity index is 1.86. The van der Waals surface area contributed by atoms with Gasteiger partial charge in [0.15, 0.2) is 0 Å². The van der Waals surface area contributed by atoms with Crippen molar-refractivity contribution in [1.29, 1.82) is 0 Å². The summed E-state index contributed by atoms with van der Waals surface area (Å²) in [6.07, 6.45) is 3.47. The molecule has 0 radical (unpaired) electrons. The van der Waals surface area contributed by atoms with Crippen molar-refractivity contribution < 1.29 is 4.79 Å². The Labute approximate surface area is 137 Å². The van der Waals surface area contributed by atoms with E-state index in [-0.39, 0.29) is 5.91 Å². The molecule has 2 aromatic rings. The highest BCUT2D eigenvalue weighted by Gasteiger charge is 2.14. The topological polar surface area (TPSA) is 58.1 Å². The minimum atomic E-state index is -0.0512. The zero-order valence-electron chi connectivity index (χ0n) is 13.8. The zero-order valence-corrected chi connectivity index (χ0v) is 13.8. The SMILES string of the molecule is CCN(CC)C(=O)c1cc(NCCCc2ccccc2)ncn1. The number of anilines is 1. The van der Waals surface area contributed by atoms with Crippen LogP contribution in [0.25, 0.3) is 0 Å². The van der Waals surface area contributed by atoms with Gasteiger partial charge in [0.05, 0.1) is 0 Å². The van der Waals surface area contributed by atoms with Crippen LogP contribution in [-0.2, 0) is 6.42 Å². The van der Waals surface area contributed by atoms with E-state index in [1.165, 1.54) is 11.9 Å². The third kappa shape index (κ3) is 5.06. The first kappa shape index (κ1) is 16.9. The lowest BCUT2D eigenvalue weighted by Crippen LogP contribution is -2.31. The normalized spacial score (nSPS) is 10.3. The van der Waals surface area contributed by atoms with Crippen LogP contribution in [0.4, 0.5) is 5.82 Å². The monoisotopic (exact) mass is 312 g/mol. The fourth-order valence-corrected chi connectivity index (χ4v) is 2.40. The second-order valence-electron chi connectivity index (χ2n) is 5.28. The van der Waals surface area contributed by atoms with Crippen LogP contribution in [0.1, 0.15) is 36.3 Å². The van der Waals surface area contributed by atoms with E-state index in [0.717, 1.165) is 19.4 Å². The second kappa shape index (κ2) is 8.88. The molecule has 0 aliphatic carbocycles. The highest BCUT2D eigenvalue weighted by molar-refractivity contribution is 5.92. The smallest absolute Gasteiger partial charge is 0.272 e. The average Bonchev–Trinajstić information content (AvgIpc) is 2.61. The van der Waals surface area contributed by atoms with Gasteiger partial charge < -0.3 is 10.2 Å². The number of aromatic nitrogens is 2. The number of nitrogens with one attached hydrogen (secondary N) is 1. The van der Waals surface area contributed by atoms with Crippen LogP contribution in [0.3, 0.4) is 0 Å². The summed E-state index contributed by atoms with van der Waals surface area (Å²) < 4.78 is 0. The third-order valence-corrected chi connectivity index (χ3v) is 3.73. The fraction of sp³-hybridized carbons (Fsp3) is 0.389. The van der Waals surface area contributed by atoms with Gasteiger partial charge in [-0.15, -0.1) is 0 Å². The maximum atomic E-state index is 12.3. The van der Waals surface area contributed by atoms with Crippen molar-refractivity contribution in [1.82, 2.24) is 14.9 Å². The van der Waals surface area contributed by atoms with E-state index in [1.54, 1.807) is 11.0 Å². The van der Waals surface area contributed by atoms with Gasteiger partial charge in [-0.1, -0.05) is 30.3 Å². The van der Waals surface area contributed by atoms with E-state index in [4.69, 9.17) is 0 Å². The lowest BCUT2D eigenvalue weighted by atomic mass is 10.1. The largest absolute Gasteiger partial charge is 0.370 e. The van der Waals surface area contributed by atoms with Crippen molar-refractivity contribution in [2.75, 3.05) is 25.0 Å². The maximum Gasteiger partial charge on any atom is 0.272 e. The molecule has 23 heavy (non-hydrogen) atoms.